The van der Waals surface area contributed by atoms with Crippen LogP contribution >= 0.6 is 11.6 Å². The fourth-order valence-electron chi connectivity index (χ4n) is 1.42. The highest BCUT2D eigenvalue weighted by Crippen LogP contribution is 2.20. The number of hydrogen-bond donors (Lipinski definition) is 0. The maximum Gasteiger partial charge on any atom is 0.196 e. The van der Waals surface area contributed by atoms with Crippen molar-refractivity contribution >= 4 is 17.4 Å². The van der Waals surface area contributed by atoms with Crippen LogP contribution < -0.4 is 0 Å². The van der Waals surface area contributed by atoms with Gasteiger partial charge in [-0.3, -0.25) is 4.79 Å². The van der Waals surface area contributed by atoms with Crippen molar-refractivity contribution in [2.75, 3.05) is 7.11 Å². The van der Waals surface area contributed by atoms with E-state index in [1.54, 1.807) is 44.2 Å². The van der Waals surface area contributed by atoms with Crippen molar-refractivity contribution in [1.82, 2.24) is 0 Å². The Balaban J connectivity index is 5.64. The van der Waals surface area contributed by atoms with Gasteiger partial charge < -0.3 is 4.74 Å². The Bertz CT molecular complexity index is 477. The topological polar surface area (TPSA) is 26.3 Å². The predicted octanol–water partition coefficient (Wildman–Crippen LogP) is 4.47. The molecule has 0 bridgehead atoms. The van der Waals surface area contributed by atoms with Gasteiger partial charge in [-0.2, -0.15) is 0 Å². The zero-order valence-electron chi connectivity index (χ0n) is 11.6. The third kappa shape index (κ3) is 5.58. The monoisotopic (exact) mass is 278 g/mol. The van der Waals surface area contributed by atoms with E-state index in [0.717, 1.165) is 0 Å². The van der Waals surface area contributed by atoms with Gasteiger partial charge in [0.05, 0.1) is 12.7 Å². The summed E-state index contributed by atoms with van der Waals surface area (Å²) >= 11 is 5.77. The summed E-state index contributed by atoms with van der Waals surface area (Å²) in [5, 5.41) is 0.267. The number of Topliss-reactive ketones (excluding diaryl/α,β-unsaturated/α-hetero) is 1. The smallest absolute Gasteiger partial charge is 0.196 e. The van der Waals surface area contributed by atoms with Gasteiger partial charge in [0.15, 0.2) is 5.78 Å². The number of hydrogen-bond acceptors (Lipinski definition) is 2. The number of ether oxygens (including phenoxy) is 1. The number of allylic oxidation sites excluding steroid dienone is 9. The van der Waals surface area contributed by atoms with Crippen molar-refractivity contribution in [3.8, 4) is 0 Å². The van der Waals surface area contributed by atoms with Crippen LogP contribution in [0.3, 0.4) is 0 Å². The van der Waals surface area contributed by atoms with Crippen molar-refractivity contribution in [2.45, 2.75) is 13.8 Å². The second kappa shape index (κ2) is 9.17. The third-order valence-electron chi connectivity index (χ3n) is 2.28. The molecular weight excluding hydrogens is 260 g/mol. The molecule has 0 saturated heterocycles. The highest BCUT2D eigenvalue weighted by atomic mass is 35.5. The van der Waals surface area contributed by atoms with Gasteiger partial charge in [0.1, 0.15) is 5.76 Å². The normalized spacial score (nSPS) is 13.6. The molecule has 0 aliphatic heterocycles. The molecule has 0 N–H and O–H groups in total. The summed E-state index contributed by atoms with van der Waals surface area (Å²) in [7, 11) is 1.50. The van der Waals surface area contributed by atoms with Gasteiger partial charge in [0, 0.05) is 10.6 Å². The van der Waals surface area contributed by atoms with Crippen LogP contribution in [0.4, 0.5) is 0 Å². The quantitative estimate of drug-likeness (QED) is 0.390. The first kappa shape index (κ1) is 17.2. The molecule has 0 spiro atoms. The maximum absolute atomic E-state index is 12.4. The fourth-order valence-corrected chi connectivity index (χ4v) is 1.53. The van der Waals surface area contributed by atoms with Crippen LogP contribution in [0, 0.1) is 0 Å². The zero-order chi connectivity index (χ0) is 14.8. The minimum atomic E-state index is -0.183. The SMILES string of the molecule is C=C/C=C\C(=C/C)C(=O)/C(=C/C(=C)Cl)C(=CC)OC. The molecule has 0 unspecified atom stereocenters. The molecule has 0 aromatic rings. The molecule has 0 saturated carbocycles. The molecule has 2 nitrogen and oxygen atoms in total. The van der Waals surface area contributed by atoms with E-state index in [9.17, 15) is 4.79 Å². The van der Waals surface area contributed by atoms with E-state index >= 15 is 0 Å². The minimum Gasteiger partial charge on any atom is -0.496 e. The molecule has 0 amide bonds. The van der Waals surface area contributed by atoms with E-state index in [0.29, 0.717) is 16.9 Å². The van der Waals surface area contributed by atoms with Crippen LogP contribution in [0.25, 0.3) is 0 Å². The molecule has 0 aliphatic rings. The van der Waals surface area contributed by atoms with Gasteiger partial charge in [0.25, 0.3) is 0 Å². The summed E-state index contributed by atoms with van der Waals surface area (Å²) in [5.74, 6) is 0.274. The van der Waals surface area contributed by atoms with Crippen molar-refractivity contribution < 1.29 is 9.53 Å². The summed E-state index contributed by atoms with van der Waals surface area (Å²) < 4.78 is 5.18. The number of methoxy groups -OCH3 is 1. The molecule has 0 aliphatic carbocycles. The molecule has 0 radical (unpaired) electrons. The van der Waals surface area contributed by atoms with Crippen molar-refractivity contribution in [3.05, 3.63) is 71.6 Å². The van der Waals surface area contributed by atoms with Gasteiger partial charge in [-0.05, 0) is 26.0 Å². The zero-order valence-corrected chi connectivity index (χ0v) is 12.3. The molecule has 0 aromatic carbocycles. The lowest BCUT2D eigenvalue weighted by molar-refractivity contribution is -0.112. The van der Waals surface area contributed by atoms with Gasteiger partial charge in [-0.25, -0.2) is 0 Å². The van der Waals surface area contributed by atoms with E-state index in [-0.39, 0.29) is 10.8 Å². The molecule has 0 fully saturated rings. The second-order valence-electron chi connectivity index (χ2n) is 3.53. The van der Waals surface area contributed by atoms with Crippen molar-refractivity contribution in [1.29, 1.82) is 0 Å². The van der Waals surface area contributed by atoms with Crippen LogP contribution in [0.1, 0.15) is 13.8 Å². The lowest BCUT2D eigenvalue weighted by Crippen LogP contribution is -2.09. The maximum atomic E-state index is 12.4. The van der Waals surface area contributed by atoms with Crippen LogP contribution in [-0.2, 0) is 9.53 Å². The van der Waals surface area contributed by atoms with E-state index in [1.807, 2.05) is 0 Å². The number of halogens is 1. The average Bonchev–Trinajstić information content (AvgIpc) is 2.39. The van der Waals surface area contributed by atoms with Crippen molar-refractivity contribution in [2.24, 2.45) is 0 Å². The number of carbonyl (C=O) groups excluding carboxylic acids is 1. The largest absolute Gasteiger partial charge is 0.496 e. The van der Waals surface area contributed by atoms with E-state index in [2.05, 4.69) is 13.2 Å². The van der Waals surface area contributed by atoms with Gasteiger partial charge in [-0.1, -0.05) is 49.1 Å². The molecule has 102 valence electrons. The minimum absolute atomic E-state index is 0.183. The lowest BCUT2D eigenvalue weighted by Gasteiger charge is -2.10. The van der Waals surface area contributed by atoms with Crippen LogP contribution in [0.5, 0.6) is 0 Å². The Hall–Kier alpha value is -1.80. The Labute approximate surface area is 120 Å². The highest BCUT2D eigenvalue weighted by Gasteiger charge is 2.17. The van der Waals surface area contributed by atoms with Crippen LogP contribution in [-0.4, -0.2) is 12.9 Å². The fraction of sp³-hybridized carbons (Fsp3) is 0.188. The Morgan fingerprint density at radius 2 is 1.89 bits per heavy atom. The van der Waals surface area contributed by atoms with E-state index < -0.39 is 0 Å². The predicted molar refractivity (Wildman–Crippen MR) is 81.9 cm³/mol. The molecule has 0 aromatic heterocycles. The lowest BCUT2D eigenvalue weighted by atomic mass is 10.0. The van der Waals surface area contributed by atoms with E-state index in [4.69, 9.17) is 16.3 Å². The van der Waals surface area contributed by atoms with Crippen molar-refractivity contribution in [3.63, 3.8) is 0 Å². The standard InChI is InChI=1S/C16H19ClO2/c1-6-9-10-13(7-2)16(18)14(11-12(4)17)15(8-3)19-5/h6-11H,1,4H2,2-3,5H3/b10-9-,13-7+,14-11+,15-8?. The summed E-state index contributed by atoms with van der Waals surface area (Å²) in [5.41, 5.74) is 0.896. The summed E-state index contributed by atoms with van der Waals surface area (Å²) in [6.45, 7) is 10.7. The highest BCUT2D eigenvalue weighted by molar-refractivity contribution is 6.31. The summed E-state index contributed by atoms with van der Waals surface area (Å²) in [4.78, 5) is 12.4. The first-order chi connectivity index (χ1) is 9.01. The average molecular weight is 279 g/mol. The molecule has 0 heterocycles. The van der Waals surface area contributed by atoms with E-state index in [1.165, 1.54) is 13.2 Å². The van der Waals surface area contributed by atoms with Crippen LogP contribution in [0.15, 0.2) is 71.6 Å². The number of rotatable bonds is 7. The van der Waals surface area contributed by atoms with Crippen LogP contribution in [0.2, 0.25) is 0 Å². The summed E-state index contributed by atoms with van der Waals surface area (Å²) in [6.07, 6.45) is 9.90. The Kier molecular flexibility index (Phi) is 8.30. The Morgan fingerprint density at radius 1 is 1.26 bits per heavy atom. The molecule has 3 heteroatoms. The number of carbonyl (C=O) groups is 1. The van der Waals surface area contributed by atoms with Gasteiger partial charge in [0.2, 0.25) is 0 Å². The second-order valence-corrected chi connectivity index (χ2v) is 4.02. The molecular formula is C16H19ClO2. The Morgan fingerprint density at radius 3 is 2.26 bits per heavy atom. The first-order valence-corrected chi connectivity index (χ1v) is 6.16. The van der Waals surface area contributed by atoms with Gasteiger partial charge >= 0.3 is 0 Å². The first-order valence-electron chi connectivity index (χ1n) is 5.78. The summed E-state index contributed by atoms with van der Waals surface area (Å²) in [6, 6.07) is 0. The molecule has 0 atom stereocenters. The molecule has 0 rings (SSSR count). The number of ketones is 1. The third-order valence-corrected chi connectivity index (χ3v) is 2.39. The molecule has 19 heavy (non-hydrogen) atoms. The van der Waals surface area contributed by atoms with Gasteiger partial charge in [-0.15, -0.1) is 0 Å².